The molecule has 23 heavy (non-hydrogen) atoms. The van der Waals surface area contributed by atoms with Gasteiger partial charge < -0.3 is 20.3 Å². The zero-order valence-electron chi connectivity index (χ0n) is 13.6. The van der Waals surface area contributed by atoms with Gasteiger partial charge in [0.2, 0.25) is 5.91 Å². The van der Waals surface area contributed by atoms with Crippen molar-refractivity contribution in [3.63, 3.8) is 0 Å². The second kappa shape index (κ2) is 5.85. The van der Waals surface area contributed by atoms with Crippen LogP contribution in [0.5, 0.6) is 0 Å². The summed E-state index contributed by atoms with van der Waals surface area (Å²) >= 11 is 0. The smallest absolute Gasteiger partial charge is 0.243 e. The van der Waals surface area contributed by atoms with Crippen molar-refractivity contribution in [3.05, 3.63) is 29.7 Å². The van der Waals surface area contributed by atoms with Crippen molar-refractivity contribution in [2.24, 2.45) is 5.92 Å². The van der Waals surface area contributed by atoms with Crippen molar-refractivity contribution in [3.8, 4) is 0 Å². The number of H-pyrrole nitrogens is 1. The molecular formula is C17H22FN3O2. The fourth-order valence-corrected chi connectivity index (χ4v) is 3.53. The van der Waals surface area contributed by atoms with Crippen LogP contribution in [0, 0.1) is 11.7 Å². The Hall–Kier alpha value is -2.08. The van der Waals surface area contributed by atoms with Crippen molar-refractivity contribution in [2.75, 3.05) is 18.6 Å². The number of amides is 1. The highest BCUT2D eigenvalue weighted by Gasteiger charge is 2.33. The third-order valence-electron chi connectivity index (χ3n) is 4.55. The molecule has 5 nitrogen and oxygen atoms in total. The first-order valence-corrected chi connectivity index (χ1v) is 7.86. The van der Waals surface area contributed by atoms with Gasteiger partial charge in [-0.15, -0.1) is 0 Å². The van der Waals surface area contributed by atoms with Crippen molar-refractivity contribution < 1.29 is 14.3 Å². The summed E-state index contributed by atoms with van der Waals surface area (Å²) in [5.41, 5.74) is 2.16. The Kier molecular flexibility index (Phi) is 4.02. The van der Waals surface area contributed by atoms with Gasteiger partial charge in [0.15, 0.2) is 0 Å². The van der Waals surface area contributed by atoms with Gasteiger partial charge in [-0.25, -0.2) is 4.39 Å². The molecule has 2 aromatic rings. The normalized spacial score (nSPS) is 22.0. The number of aliphatic hydroxyl groups is 1. The van der Waals surface area contributed by atoms with Crippen LogP contribution in [0.15, 0.2) is 18.3 Å². The van der Waals surface area contributed by atoms with Crippen LogP contribution in [-0.4, -0.2) is 41.7 Å². The molecule has 6 heteroatoms. The number of carbonyl (C=O) groups excluding carboxylic acids is 1. The van der Waals surface area contributed by atoms with E-state index in [1.807, 2.05) is 20.0 Å². The summed E-state index contributed by atoms with van der Waals surface area (Å²) in [6.45, 7) is 3.71. The van der Waals surface area contributed by atoms with Gasteiger partial charge in [0.1, 0.15) is 11.9 Å². The number of nitrogens with one attached hydrogen (secondary N) is 2. The van der Waals surface area contributed by atoms with Gasteiger partial charge in [0.25, 0.3) is 0 Å². The van der Waals surface area contributed by atoms with Crippen LogP contribution in [0.25, 0.3) is 10.9 Å². The minimum Gasteiger partial charge on any atom is -0.394 e. The van der Waals surface area contributed by atoms with Crippen LogP contribution >= 0.6 is 0 Å². The lowest BCUT2D eigenvalue weighted by Gasteiger charge is -2.32. The van der Waals surface area contributed by atoms with Crippen molar-refractivity contribution in [2.45, 2.75) is 32.4 Å². The first kappa shape index (κ1) is 15.8. The summed E-state index contributed by atoms with van der Waals surface area (Å²) in [4.78, 5) is 17.5. The SMILES string of the molecule is CC(C)[C@H]1C(=O)N[C@H](CO)Cc2c[nH]c3ccc(F)c(c23)N1C. The van der Waals surface area contributed by atoms with Crippen molar-refractivity contribution in [1.82, 2.24) is 10.3 Å². The number of anilines is 1. The first-order valence-electron chi connectivity index (χ1n) is 7.86. The lowest BCUT2D eigenvalue weighted by atomic mass is 10.0. The summed E-state index contributed by atoms with van der Waals surface area (Å²) in [7, 11) is 1.75. The second-order valence-electron chi connectivity index (χ2n) is 6.52. The van der Waals surface area contributed by atoms with E-state index in [1.54, 1.807) is 18.0 Å². The Morgan fingerprint density at radius 2 is 2.17 bits per heavy atom. The predicted molar refractivity (Wildman–Crippen MR) is 88.0 cm³/mol. The standard InChI is InChI=1S/C17H22FN3O2/c1-9(2)15-17(23)20-11(8-22)6-10-7-19-13-5-4-12(18)16(14(10)13)21(15)3/h4-5,7,9,11,15,19,22H,6,8H2,1-3H3,(H,20,23)/t11-,15-/m0/s1. The van der Waals surface area contributed by atoms with E-state index >= 15 is 0 Å². The molecule has 1 aliphatic heterocycles. The van der Waals surface area contributed by atoms with Crippen LogP contribution < -0.4 is 10.2 Å². The van der Waals surface area contributed by atoms with Gasteiger partial charge >= 0.3 is 0 Å². The Balaban J connectivity index is 2.27. The van der Waals surface area contributed by atoms with Gasteiger partial charge in [-0.1, -0.05) is 13.8 Å². The maximum atomic E-state index is 14.6. The number of halogens is 1. The van der Waals surface area contributed by atoms with Gasteiger partial charge in [0, 0.05) is 24.1 Å². The topological polar surface area (TPSA) is 68.4 Å². The molecule has 0 saturated carbocycles. The number of likely N-dealkylation sites (N-methyl/N-ethyl adjacent to an activating group) is 1. The van der Waals surface area contributed by atoms with E-state index in [2.05, 4.69) is 10.3 Å². The van der Waals surface area contributed by atoms with E-state index in [-0.39, 0.29) is 30.3 Å². The number of aromatic amines is 1. The average Bonchev–Trinajstić information content (AvgIpc) is 2.89. The van der Waals surface area contributed by atoms with E-state index < -0.39 is 6.04 Å². The molecule has 0 radical (unpaired) electrons. The van der Waals surface area contributed by atoms with Gasteiger partial charge in [0.05, 0.1) is 18.3 Å². The van der Waals surface area contributed by atoms with E-state index in [4.69, 9.17) is 0 Å². The summed E-state index contributed by atoms with van der Waals surface area (Å²) < 4.78 is 14.6. The maximum Gasteiger partial charge on any atom is 0.243 e. The highest BCUT2D eigenvalue weighted by molar-refractivity contribution is 5.98. The predicted octanol–water partition coefficient (Wildman–Crippen LogP) is 1.80. The molecule has 1 aromatic heterocycles. The Bertz CT molecular complexity index is 741. The monoisotopic (exact) mass is 319 g/mol. The number of aromatic nitrogens is 1. The molecular weight excluding hydrogens is 297 g/mol. The van der Waals surface area contributed by atoms with Crippen molar-refractivity contribution >= 4 is 22.5 Å². The number of hydrogen-bond acceptors (Lipinski definition) is 3. The van der Waals surface area contributed by atoms with E-state index in [1.165, 1.54) is 6.07 Å². The maximum absolute atomic E-state index is 14.6. The molecule has 0 aliphatic carbocycles. The number of rotatable bonds is 2. The number of aliphatic hydroxyl groups excluding tert-OH is 1. The number of benzene rings is 1. The summed E-state index contributed by atoms with van der Waals surface area (Å²) in [5.74, 6) is -0.539. The Morgan fingerprint density at radius 1 is 1.43 bits per heavy atom. The van der Waals surface area contributed by atoms with Gasteiger partial charge in [-0.05, 0) is 30.0 Å². The average molecular weight is 319 g/mol. The largest absolute Gasteiger partial charge is 0.394 e. The molecule has 2 atom stereocenters. The molecule has 1 amide bonds. The summed E-state index contributed by atoms with van der Waals surface area (Å²) in [5, 5.41) is 13.3. The highest BCUT2D eigenvalue weighted by atomic mass is 19.1. The summed E-state index contributed by atoms with van der Waals surface area (Å²) in [6, 6.07) is 2.23. The minimum absolute atomic E-state index is 0.00510. The van der Waals surface area contributed by atoms with Crippen LogP contribution in [0.2, 0.25) is 0 Å². The molecule has 1 aliphatic rings. The molecule has 0 spiro atoms. The van der Waals surface area contributed by atoms with Crippen LogP contribution in [-0.2, 0) is 11.2 Å². The third-order valence-corrected chi connectivity index (χ3v) is 4.55. The van der Waals surface area contributed by atoms with Gasteiger partial charge in [-0.2, -0.15) is 0 Å². The molecule has 0 fully saturated rings. The lowest BCUT2D eigenvalue weighted by Crippen LogP contribution is -2.52. The number of hydrogen-bond donors (Lipinski definition) is 3. The fourth-order valence-electron chi connectivity index (χ4n) is 3.53. The molecule has 3 N–H and O–H groups in total. The Morgan fingerprint density at radius 3 is 2.83 bits per heavy atom. The molecule has 1 aromatic carbocycles. The Labute approximate surface area is 134 Å². The summed E-state index contributed by atoms with van der Waals surface area (Å²) in [6.07, 6.45) is 2.28. The zero-order chi connectivity index (χ0) is 16.7. The molecule has 0 bridgehead atoms. The van der Waals surface area contributed by atoms with Crippen LogP contribution in [0.4, 0.5) is 10.1 Å². The van der Waals surface area contributed by atoms with E-state index in [0.717, 1.165) is 16.5 Å². The first-order chi connectivity index (χ1) is 10.9. The van der Waals surface area contributed by atoms with Gasteiger partial charge in [-0.3, -0.25) is 4.79 Å². The molecule has 3 rings (SSSR count). The fraction of sp³-hybridized carbons (Fsp3) is 0.471. The molecule has 0 saturated heterocycles. The quantitative estimate of drug-likeness (QED) is 0.791. The minimum atomic E-state index is -0.509. The van der Waals surface area contributed by atoms with Crippen LogP contribution in [0.3, 0.4) is 0 Å². The van der Waals surface area contributed by atoms with E-state index in [9.17, 15) is 14.3 Å². The zero-order valence-corrected chi connectivity index (χ0v) is 13.6. The molecule has 0 unspecified atom stereocenters. The molecule has 124 valence electrons. The number of carbonyl (C=O) groups is 1. The third kappa shape index (κ3) is 2.57. The van der Waals surface area contributed by atoms with E-state index in [0.29, 0.717) is 12.1 Å². The van der Waals surface area contributed by atoms with Crippen molar-refractivity contribution in [1.29, 1.82) is 0 Å². The lowest BCUT2D eigenvalue weighted by molar-refractivity contribution is -0.124. The number of nitrogens with zero attached hydrogens (tertiary/aromatic N) is 1. The highest BCUT2D eigenvalue weighted by Crippen LogP contribution is 2.35. The second-order valence-corrected chi connectivity index (χ2v) is 6.52. The molecule has 2 heterocycles. The van der Waals surface area contributed by atoms with Crippen LogP contribution in [0.1, 0.15) is 19.4 Å².